The smallest absolute Gasteiger partial charge is 0.274 e. The second kappa shape index (κ2) is 5.87. The molecule has 0 aliphatic carbocycles. The average molecular weight is 298 g/mol. The topological polar surface area (TPSA) is 87.7 Å². The third-order valence-corrected chi connectivity index (χ3v) is 3.43. The van der Waals surface area contributed by atoms with Crippen LogP contribution in [0.15, 0.2) is 48.5 Å². The van der Waals surface area contributed by atoms with Crippen molar-refractivity contribution in [1.29, 1.82) is 0 Å². The van der Waals surface area contributed by atoms with Crippen LogP contribution in [0.5, 0.6) is 5.75 Å². The van der Waals surface area contributed by atoms with E-state index in [1.165, 1.54) is 12.1 Å². The van der Waals surface area contributed by atoms with Crippen LogP contribution in [-0.2, 0) is 11.2 Å². The van der Waals surface area contributed by atoms with Crippen LogP contribution in [0.25, 0.3) is 0 Å². The van der Waals surface area contributed by atoms with Crippen LogP contribution in [0.3, 0.4) is 0 Å². The Morgan fingerprint density at radius 3 is 2.73 bits per heavy atom. The molecule has 2 amide bonds. The summed E-state index contributed by atoms with van der Waals surface area (Å²) in [4.78, 5) is 23.5. The summed E-state index contributed by atoms with van der Waals surface area (Å²) in [5, 5.41) is 11.4. The van der Waals surface area contributed by atoms with Gasteiger partial charge in [0.1, 0.15) is 5.75 Å². The minimum absolute atomic E-state index is 0.226. The first kappa shape index (κ1) is 14.1. The fourth-order valence-electron chi connectivity index (χ4n) is 2.31. The first-order valence-corrected chi connectivity index (χ1v) is 6.77. The van der Waals surface area contributed by atoms with Crippen LogP contribution in [0.2, 0.25) is 0 Å². The van der Waals surface area contributed by atoms with Gasteiger partial charge in [-0.3, -0.25) is 14.8 Å². The lowest BCUT2D eigenvalue weighted by atomic mass is 10.1. The van der Waals surface area contributed by atoms with Crippen molar-refractivity contribution in [1.82, 2.24) is 5.48 Å². The molecule has 1 atom stereocenters. The Bertz CT molecular complexity index is 715. The van der Waals surface area contributed by atoms with Gasteiger partial charge in [-0.05, 0) is 23.8 Å². The molecule has 1 aliphatic rings. The molecule has 0 saturated carbocycles. The number of carbonyl (C=O) groups is 2. The standard InChI is InChI=1S/C16H14N2O4/c19-15(18-21)11-6-7-12-13(9-11)22-14(16(20)17-12)8-10-4-2-1-3-5-10/h1-7,9,14,21H,8H2,(H,17,20)(H,18,19)/t14-/m0/s1. The number of hydroxylamine groups is 1. The van der Waals surface area contributed by atoms with E-state index >= 15 is 0 Å². The molecule has 0 bridgehead atoms. The van der Waals surface area contributed by atoms with Crippen molar-refractivity contribution in [3.05, 3.63) is 59.7 Å². The van der Waals surface area contributed by atoms with Gasteiger partial charge in [0.25, 0.3) is 11.8 Å². The molecule has 3 N–H and O–H groups in total. The number of ether oxygens (including phenoxy) is 1. The van der Waals surface area contributed by atoms with Crippen molar-refractivity contribution in [2.24, 2.45) is 0 Å². The molecular formula is C16H14N2O4. The first-order chi connectivity index (χ1) is 10.7. The predicted molar refractivity (Wildman–Crippen MR) is 78.9 cm³/mol. The number of hydrogen-bond donors (Lipinski definition) is 3. The maximum atomic E-state index is 12.1. The Kier molecular flexibility index (Phi) is 3.76. The van der Waals surface area contributed by atoms with Crippen LogP contribution in [0, 0.1) is 0 Å². The van der Waals surface area contributed by atoms with Crippen molar-refractivity contribution in [2.45, 2.75) is 12.5 Å². The lowest BCUT2D eigenvalue weighted by Gasteiger charge is -2.26. The summed E-state index contributed by atoms with van der Waals surface area (Å²) >= 11 is 0. The van der Waals surface area contributed by atoms with Crippen LogP contribution < -0.4 is 15.5 Å². The Morgan fingerprint density at radius 2 is 2.00 bits per heavy atom. The van der Waals surface area contributed by atoms with Crippen LogP contribution in [-0.4, -0.2) is 23.1 Å². The molecule has 1 aliphatic heterocycles. The maximum Gasteiger partial charge on any atom is 0.274 e. The highest BCUT2D eigenvalue weighted by atomic mass is 16.5. The number of benzene rings is 2. The van der Waals surface area contributed by atoms with E-state index in [-0.39, 0.29) is 11.5 Å². The van der Waals surface area contributed by atoms with E-state index in [9.17, 15) is 9.59 Å². The molecule has 0 saturated heterocycles. The van der Waals surface area contributed by atoms with E-state index in [4.69, 9.17) is 9.94 Å². The molecule has 2 aromatic rings. The summed E-state index contributed by atoms with van der Waals surface area (Å²) in [7, 11) is 0. The number of fused-ring (bicyclic) bond motifs is 1. The highest BCUT2D eigenvalue weighted by molar-refractivity contribution is 6.00. The number of anilines is 1. The van der Waals surface area contributed by atoms with Gasteiger partial charge < -0.3 is 10.1 Å². The van der Waals surface area contributed by atoms with Crippen molar-refractivity contribution in [3.8, 4) is 5.75 Å². The van der Waals surface area contributed by atoms with Gasteiger partial charge in [0, 0.05) is 12.0 Å². The van der Waals surface area contributed by atoms with Crippen LogP contribution in [0.1, 0.15) is 15.9 Å². The minimum atomic E-state index is -0.665. The molecule has 3 rings (SSSR count). The van der Waals surface area contributed by atoms with Gasteiger partial charge in [-0.2, -0.15) is 0 Å². The Labute approximate surface area is 126 Å². The molecule has 112 valence electrons. The minimum Gasteiger partial charge on any atom is -0.478 e. The zero-order valence-corrected chi connectivity index (χ0v) is 11.6. The summed E-state index contributed by atoms with van der Waals surface area (Å²) in [5.74, 6) is -0.458. The van der Waals surface area contributed by atoms with Crippen LogP contribution >= 0.6 is 0 Å². The van der Waals surface area contributed by atoms with E-state index in [1.807, 2.05) is 30.3 Å². The maximum absolute atomic E-state index is 12.1. The zero-order chi connectivity index (χ0) is 15.5. The number of rotatable bonds is 3. The molecule has 0 unspecified atom stereocenters. The summed E-state index contributed by atoms with van der Waals surface area (Å²) in [5.41, 5.74) is 3.30. The number of amides is 2. The highest BCUT2D eigenvalue weighted by Gasteiger charge is 2.28. The molecule has 2 aromatic carbocycles. The van der Waals surface area contributed by atoms with Gasteiger partial charge in [0.2, 0.25) is 0 Å². The molecule has 0 aromatic heterocycles. The molecule has 1 heterocycles. The number of hydrogen-bond acceptors (Lipinski definition) is 4. The molecule has 0 spiro atoms. The Morgan fingerprint density at radius 1 is 1.23 bits per heavy atom. The molecular weight excluding hydrogens is 284 g/mol. The van der Waals surface area contributed by atoms with E-state index in [0.29, 0.717) is 17.9 Å². The van der Waals surface area contributed by atoms with Gasteiger partial charge in [-0.15, -0.1) is 0 Å². The van der Waals surface area contributed by atoms with Gasteiger partial charge >= 0.3 is 0 Å². The summed E-state index contributed by atoms with van der Waals surface area (Å²) < 4.78 is 5.71. The van der Waals surface area contributed by atoms with Gasteiger partial charge in [-0.25, -0.2) is 5.48 Å². The van der Waals surface area contributed by atoms with Crippen molar-refractivity contribution < 1.29 is 19.5 Å². The van der Waals surface area contributed by atoms with Crippen molar-refractivity contribution in [2.75, 3.05) is 5.32 Å². The largest absolute Gasteiger partial charge is 0.478 e. The van der Waals surface area contributed by atoms with Crippen LogP contribution in [0.4, 0.5) is 5.69 Å². The highest BCUT2D eigenvalue weighted by Crippen LogP contribution is 2.31. The quantitative estimate of drug-likeness (QED) is 0.595. The van der Waals surface area contributed by atoms with Crippen molar-refractivity contribution >= 4 is 17.5 Å². The zero-order valence-electron chi connectivity index (χ0n) is 11.6. The SMILES string of the molecule is O=C(NO)c1ccc2c(c1)O[C@@H](Cc1ccccc1)C(=O)N2. The second-order valence-electron chi connectivity index (χ2n) is 4.94. The summed E-state index contributed by atoms with van der Waals surface area (Å²) in [6, 6.07) is 14.1. The van der Waals surface area contributed by atoms with Crippen molar-refractivity contribution in [3.63, 3.8) is 0 Å². The Balaban J connectivity index is 1.83. The Hall–Kier alpha value is -2.86. The summed E-state index contributed by atoms with van der Waals surface area (Å²) in [6.45, 7) is 0. The lowest BCUT2D eigenvalue weighted by molar-refractivity contribution is -0.123. The summed E-state index contributed by atoms with van der Waals surface area (Å²) in [6.07, 6.45) is -0.231. The van der Waals surface area contributed by atoms with Gasteiger partial charge in [-0.1, -0.05) is 30.3 Å². The lowest BCUT2D eigenvalue weighted by Crippen LogP contribution is -2.38. The normalized spacial score (nSPS) is 16.2. The average Bonchev–Trinajstić information content (AvgIpc) is 2.55. The monoisotopic (exact) mass is 298 g/mol. The molecule has 6 heteroatoms. The van der Waals surface area contributed by atoms with Gasteiger partial charge in [0.15, 0.2) is 6.10 Å². The van der Waals surface area contributed by atoms with E-state index in [1.54, 1.807) is 11.5 Å². The fraction of sp³-hybridized carbons (Fsp3) is 0.125. The third-order valence-electron chi connectivity index (χ3n) is 3.43. The predicted octanol–water partition coefficient (Wildman–Crippen LogP) is 1.75. The number of carbonyl (C=O) groups excluding carboxylic acids is 2. The number of nitrogens with one attached hydrogen (secondary N) is 2. The molecule has 22 heavy (non-hydrogen) atoms. The van der Waals surface area contributed by atoms with Gasteiger partial charge in [0.05, 0.1) is 5.69 Å². The molecule has 0 fully saturated rings. The second-order valence-corrected chi connectivity index (χ2v) is 4.94. The molecule has 0 radical (unpaired) electrons. The third kappa shape index (κ3) is 2.77. The van der Waals surface area contributed by atoms with E-state index in [0.717, 1.165) is 5.56 Å². The fourth-order valence-corrected chi connectivity index (χ4v) is 2.31. The van der Waals surface area contributed by atoms with E-state index in [2.05, 4.69) is 5.32 Å². The first-order valence-electron chi connectivity index (χ1n) is 6.77. The molecule has 6 nitrogen and oxygen atoms in total. The van der Waals surface area contributed by atoms with E-state index < -0.39 is 12.0 Å².